The topological polar surface area (TPSA) is 69.7 Å². The zero-order valence-corrected chi connectivity index (χ0v) is 17.8. The maximum absolute atomic E-state index is 12.9. The lowest BCUT2D eigenvalue weighted by atomic mass is 9.90. The normalized spacial score (nSPS) is 19.1. The van der Waals surface area contributed by atoms with Crippen molar-refractivity contribution < 1.29 is 14.4 Å². The third-order valence-corrected chi connectivity index (χ3v) is 5.95. The average Bonchev–Trinajstić information content (AvgIpc) is 2.73. The number of nitrogens with zero attached hydrogens (tertiary/aromatic N) is 2. The van der Waals surface area contributed by atoms with E-state index in [4.69, 9.17) is 0 Å². The molecule has 2 aliphatic rings. The molecule has 0 atom stereocenters. The molecule has 0 unspecified atom stereocenters. The highest BCUT2D eigenvalue weighted by molar-refractivity contribution is 5.94. The third kappa shape index (κ3) is 5.37. The van der Waals surface area contributed by atoms with E-state index in [1.165, 1.54) is 0 Å². The summed E-state index contributed by atoms with van der Waals surface area (Å²) in [7, 11) is 0. The largest absolute Gasteiger partial charge is 0.349 e. The van der Waals surface area contributed by atoms with E-state index in [1.54, 1.807) is 0 Å². The van der Waals surface area contributed by atoms with Crippen LogP contribution in [-0.2, 0) is 9.59 Å². The second-order valence-electron chi connectivity index (χ2n) is 9.26. The lowest BCUT2D eigenvalue weighted by molar-refractivity contribution is -0.145. The van der Waals surface area contributed by atoms with Crippen molar-refractivity contribution in [2.24, 2.45) is 11.3 Å². The Kier molecular flexibility index (Phi) is 6.60. The van der Waals surface area contributed by atoms with E-state index < -0.39 is 0 Å². The quantitative estimate of drug-likeness (QED) is 0.850. The van der Waals surface area contributed by atoms with Crippen molar-refractivity contribution in [3.8, 4) is 0 Å². The van der Waals surface area contributed by atoms with Gasteiger partial charge in [-0.3, -0.25) is 14.4 Å². The Hall–Kier alpha value is -2.37. The number of carbonyl (C=O) groups is 3. The molecule has 2 aliphatic heterocycles. The van der Waals surface area contributed by atoms with E-state index >= 15 is 0 Å². The van der Waals surface area contributed by atoms with Crippen LogP contribution in [0.25, 0.3) is 0 Å². The van der Waals surface area contributed by atoms with E-state index in [-0.39, 0.29) is 35.1 Å². The fourth-order valence-electron chi connectivity index (χ4n) is 4.16. The highest BCUT2D eigenvalue weighted by Crippen LogP contribution is 2.25. The highest BCUT2D eigenvalue weighted by Gasteiger charge is 2.34. The van der Waals surface area contributed by atoms with Crippen molar-refractivity contribution in [2.75, 3.05) is 26.2 Å². The van der Waals surface area contributed by atoms with Gasteiger partial charge in [-0.1, -0.05) is 39.0 Å². The molecule has 29 heavy (non-hydrogen) atoms. The molecule has 1 aromatic carbocycles. The number of hydrogen-bond donors (Lipinski definition) is 1. The van der Waals surface area contributed by atoms with Crippen LogP contribution in [0.1, 0.15) is 56.8 Å². The zero-order chi connectivity index (χ0) is 21.0. The predicted octanol–water partition coefficient (Wildman–Crippen LogP) is 2.69. The summed E-state index contributed by atoms with van der Waals surface area (Å²) < 4.78 is 0. The molecule has 0 saturated carbocycles. The predicted molar refractivity (Wildman–Crippen MR) is 112 cm³/mol. The van der Waals surface area contributed by atoms with Crippen molar-refractivity contribution in [3.63, 3.8) is 0 Å². The van der Waals surface area contributed by atoms with Crippen LogP contribution in [0.4, 0.5) is 0 Å². The van der Waals surface area contributed by atoms with Gasteiger partial charge in [-0.2, -0.15) is 0 Å². The summed E-state index contributed by atoms with van der Waals surface area (Å²) in [6.07, 6.45) is 3.05. The number of carbonyl (C=O) groups excluding carboxylic acids is 3. The molecule has 6 nitrogen and oxygen atoms in total. The van der Waals surface area contributed by atoms with E-state index in [0.29, 0.717) is 31.7 Å². The van der Waals surface area contributed by atoms with Gasteiger partial charge >= 0.3 is 0 Å². The Morgan fingerprint density at radius 3 is 1.97 bits per heavy atom. The molecule has 0 spiro atoms. The second kappa shape index (κ2) is 8.97. The van der Waals surface area contributed by atoms with Crippen LogP contribution in [0.3, 0.4) is 0 Å². The molecular weight excluding hydrogens is 366 g/mol. The molecule has 2 heterocycles. The number of hydrogen-bond acceptors (Lipinski definition) is 3. The molecule has 2 fully saturated rings. The van der Waals surface area contributed by atoms with Crippen LogP contribution < -0.4 is 5.32 Å². The highest BCUT2D eigenvalue weighted by atomic mass is 16.2. The van der Waals surface area contributed by atoms with Gasteiger partial charge in [-0.05, 0) is 37.8 Å². The fraction of sp³-hybridized carbons (Fsp3) is 0.609. The van der Waals surface area contributed by atoms with E-state index in [1.807, 2.05) is 60.9 Å². The van der Waals surface area contributed by atoms with Crippen LogP contribution in [0.15, 0.2) is 30.3 Å². The number of nitrogens with one attached hydrogen (secondary N) is 1. The van der Waals surface area contributed by atoms with E-state index in [9.17, 15) is 14.4 Å². The van der Waals surface area contributed by atoms with Gasteiger partial charge in [0.05, 0.1) is 0 Å². The summed E-state index contributed by atoms with van der Waals surface area (Å²) in [5.74, 6) is 0.333. The monoisotopic (exact) mass is 399 g/mol. The first-order valence-electron chi connectivity index (χ1n) is 10.7. The molecule has 3 rings (SSSR count). The number of amides is 3. The summed E-state index contributed by atoms with van der Waals surface area (Å²) >= 11 is 0. The third-order valence-electron chi connectivity index (χ3n) is 5.95. The lowest BCUT2D eigenvalue weighted by Crippen LogP contribution is -2.50. The van der Waals surface area contributed by atoms with Crippen LogP contribution in [0.5, 0.6) is 0 Å². The van der Waals surface area contributed by atoms with Crippen LogP contribution in [-0.4, -0.2) is 59.7 Å². The Labute approximate surface area is 173 Å². The molecule has 0 radical (unpaired) electrons. The van der Waals surface area contributed by atoms with Crippen molar-refractivity contribution >= 4 is 17.7 Å². The smallest absolute Gasteiger partial charge is 0.251 e. The number of piperidine rings is 2. The van der Waals surface area contributed by atoms with Gasteiger partial charge < -0.3 is 15.1 Å². The molecule has 6 heteroatoms. The molecular formula is C23H33N3O3. The standard InChI is InChI=1S/C23H33N3O3/c1-23(2,3)22(29)26-13-9-18(10-14-26)21(28)25-15-11-19(12-16-25)24-20(27)17-7-5-4-6-8-17/h4-8,18-19H,9-16H2,1-3H3,(H,24,27). The van der Waals surface area contributed by atoms with Gasteiger partial charge in [0.15, 0.2) is 0 Å². The summed E-state index contributed by atoms with van der Waals surface area (Å²) in [6, 6.07) is 9.34. The van der Waals surface area contributed by atoms with Crippen LogP contribution in [0, 0.1) is 11.3 Å². The minimum Gasteiger partial charge on any atom is -0.349 e. The number of rotatable bonds is 3. The first kappa shape index (κ1) is 21.3. The minimum absolute atomic E-state index is 0.00878. The summed E-state index contributed by atoms with van der Waals surface area (Å²) in [5, 5.41) is 3.09. The molecule has 1 N–H and O–H groups in total. The Morgan fingerprint density at radius 1 is 0.862 bits per heavy atom. The fourth-order valence-corrected chi connectivity index (χ4v) is 4.16. The summed E-state index contributed by atoms with van der Waals surface area (Å²) in [4.78, 5) is 41.5. The molecule has 3 amide bonds. The van der Waals surface area contributed by atoms with E-state index in [2.05, 4.69) is 5.32 Å². The maximum Gasteiger partial charge on any atom is 0.251 e. The number of benzene rings is 1. The van der Waals surface area contributed by atoms with Gasteiger partial charge in [0.25, 0.3) is 5.91 Å². The summed E-state index contributed by atoms with van der Waals surface area (Å²) in [5.41, 5.74) is 0.297. The first-order valence-corrected chi connectivity index (χ1v) is 10.7. The first-order chi connectivity index (χ1) is 13.8. The van der Waals surface area contributed by atoms with Crippen molar-refractivity contribution in [3.05, 3.63) is 35.9 Å². The maximum atomic E-state index is 12.9. The van der Waals surface area contributed by atoms with Gasteiger partial charge in [0, 0.05) is 49.1 Å². The van der Waals surface area contributed by atoms with Crippen molar-refractivity contribution in [2.45, 2.75) is 52.5 Å². The molecule has 2 saturated heterocycles. The number of likely N-dealkylation sites (tertiary alicyclic amines) is 2. The lowest BCUT2D eigenvalue weighted by Gasteiger charge is -2.38. The Bertz CT molecular complexity index is 725. The molecule has 1 aromatic rings. The minimum atomic E-state index is -0.372. The van der Waals surface area contributed by atoms with Gasteiger partial charge in [-0.25, -0.2) is 0 Å². The van der Waals surface area contributed by atoms with Crippen LogP contribution in [0.2, 0.25) is 0 Å². The second-order valence-corrected chi connectivity index (χ2v) is 9.26. The average molecular weight is 400 g/mol. The molecule has 158 valence electrons. The van der Waals surface area contributed by atoms with Gasteiger partial charge in [0.1, 0.15) is 0 Å². The Balaban J connectivity index is 1.44. The van der Waals surface area contributed by atoms with Crippen molar-refractivity contribution in [1.82, 2.24) is 15.1 Å². The Morgan fingerprint density at radius 2 is 1.41 bits per heavy atom. The SMILES string of the molecule is CC(C)(C)C(=O)N1CCC(C(=O)N2CCC(NC(=O)c3ccccc3)CC2)CC1. The molecule has 0 aromatic heterocycles. The van der Waals surface area contributed by atoms with Gasteiger partial charge in [-0.15, -0.1) is 0 Å². The van der Waals surface area contributed by atoms with Crippen molar-refractivity contribution in [1.29, 1.82) is 0 Å². The zero-order valence-electron chi connectivity index (χ0n) is 17.8. The van der Waals surface area contributed by atoms with Crippen LogP contribution >= 0.6 is 0 Å². The van der Waals surface area contributed by atoms with Gasteiger partial charge in [0.2, 0.25) is 11.8 Å². The summed E-state index contributed by atoms with van der Waals surface area (Å²) in [6.45, 7) is 8.50. The van der Waals surface area contributed by atoms with E-state index in [0.717, 1.165) is 25.7 Å². The molecule has 0 aliphatic carbocycles. The molecule has 0 bridgehead atoms.